The molecule has 0 aliphatic carbocycles. The van der Waals surface area contributed by atoms with E-state index in [4.69, 9.17) is 4.74 Å². The van der Waals surface area contributed by atoms with Gasteiger partial charge in [-0.3, -0.25) is 0 Å². The number of benzene rings is 1. The molecule has 1 heterocycles. The van der Waals surface area contributed by atoms with E-state index in [1.54, 1.807) is 0 Å². The van der Waals surface area contributed by atoms with E-state index in [1.807, 2.05) is 30.3 Å². The lowest BCUT2D eigenvalue weighted by molar-refractivity contribution is -0.915. The van der Waals surface area contributed by atoms with Gasteiger partial charge in [0.1, 0.15) is 5.75 Å². The maximum Gasteiger partial charge on any atom is 0.119 e. The average Bonchev–Trinajstić information content (AvgIpc) is 2.40. The molecule has 1 aromatic rings. The maximum absolute atomic E-state index is 5.75. The van der Waals surface area contributed by atoms with Crippen molar-refractivity contribution < 1.29 is 9.22 Å². The molecule has 18 heavy (non-hydrogen) atoms. The molecule has 2 rings (SSSR count). The Morgan fingerprint density at radius 1 is 1.17 bits per heavy atom. The highest BCUT2D eigenvalue weighted by Crippen LogP contribution is 2.21. The highest BCUT2D eigenvalue weighted by Gasteiger charge is 2.27. The molecule has 1 aliphatic rings. The van der Waals surface area contributed by atoms with Crippen LogP contribution in [0.5, 0.6) is 5.75 Å². The minimum Gasteiger partial charge on any atom is -0.493 e. The summed E-state index contributed by atoms with van der Waals surface area (Å²) >= 11 is 0. The number of hydrogen-bond acceptors (Lipinski definition) is 1. The molecule has 0 saturated carbocycles. The zero-order valence-electron chi connectivity index (χ0n) is 11.8. The van der Waals surface area contributed by atoms with Gasteiger partial charge in [0, 0.05) is 6.42 Å². The lowest BCUT2D eigenvalue weighted by Crippen LogP contribution is -2.50. The predicted molar refractivity (Wildman–Crippen MR) is 75.7 cm³/mol. The normalized spacial score (nSPS) is 28.0. The van der Waals surface area contributed by atoms with Gasteiger partial charge in [0.2, 0.25) is 0 Å². The summed E-state index contributed by atoms with van der Waals surface area (Å²) in [4.78, 5) is 0. The van der Waals surface area contributed by atoms with Gasteiger partial charge in [-0.25, -0.2) is 0 Å². The van der Waals surface area contributed by atoms with Crippen LogP contribution in [0.15, 0.2) is 30.3 Å². The number of hydrogen-bond donors (Lipinski definition) is 0. The Morgan fingerprint density at radius 3 is 2.50 bits per heavy atom. The van der Waals surface area contributed by atoms with Crippen LogP contribution in [0.1, 0.15) is 26.2 Å². The van der Waals surface area contributed by atoms with Gasteiger partial charge in [0.15, 0.2) is 0 Å². The van der Waals surface area contributed by atoms with Gasteiger partial charge >= 0.3 is 0 Å². The van der Waals surface area contributed by atoms with Crippen molar-refractivity contribution in [3.05, 3.63) is 30.3 Å². The Kier molecular flexibility index (Phi) is 4.65. The fraction of sp³-hybridized carbons (Fsp3) is 0.625. The molecule has 1 aromatic carbocycles. The van der Waals surface area contributed by atoms with E-state index in [-0.39, 0.29) is 0 Å². The van der Waals surface area contributed by atoms with Crippen LogP contribution in [0.3, 0.4) is 0 Å². The number of para-hydroxylation sites is 1. The molecule has 0 atom stereocenters. The van der Waals surface area contributed by atoms with Gasteiger partial charge in [-0.05, 0) is 30.9 Å². The summed E-state index contributed by atoms with van der Waals surface area (Å²) in [5.74, 6) is 1.92. The van der Waals surface area contributed by atoms with Crippen LogP contribution in [-0.2, 0) is 0 Å². The summed E-state index contributed by atoms with van der Waals surface area (Å²) in [5, 5.41) is 0. The topological polar surface area (TPSA) is 9.23 Å². The minimum absolute atomic E-state index is 0.841. The van der Waals surface area contributed by atoms with Crippen LogP contribution in [0.25, 0.3) is 0 Å². The van der Waals surface area contributed by atoms with Crippen molar-refractivity contribution in [2.75, 3.05) is 33.3 Å². The van der Waals surface area contributed by atoms with Gasteiger partial charge in [0.25, 0.3) is 0 Å². The first-order valence-corrected chi connectivity index (χ1v) is 7.19. The van der Waals surface area contributed by atoms with Crippen LogP contribution >= 0.6 is 0 Å². The third-order valence-corrected chi connectivity index (χ3v) is 4.18. The standard InChI is InChI=1S/C16H26NO/c1-15-9-12-17(2,13-10-15)11-6-14-18-16-7-4-3-5-8-16/h3-5,7-8,15H,6,9-14H2,1-2H3/q+1. The molecular formula is C16H26NO+. The average molecular weight is 248 g/mol. The molecule has 100 valence electrons. The van der Waals surface area contributed by atoms with Crippen molar-refractivity contribution in [2.24, 2.45) is 5.92 Å². The summed E-state index contributed by atoms with van der Waals surface area (Å²) in [5.41, 5.74) is 0. The third-order valence-electron chi connectivity index (χ3n) is 4.18. The molecule has 0 radical (unpaired) electrons. The maximum atomic E-state index is 5.75. The predicted octanol–water partition coefficient (Wildman–Crippen LogP) is 3.33. The zero-order valence-corrected chi connectivity index (χ0v) is 11.8. The molecular weight excluding hydrogens is 222 g/mol. The van der Waals surface area contributed by atoms with Crippen molar-refractivity contribution in [2.45, 2.75) is 26.2 Å². The second-order valence-corrected chi connectivity index (χ2v) is 5.99. The summed E-state index contributed by atoms with van der Waals surface area (Å²) < 4.78 is 6.99. The lowest BCUT2D eigenvalue weighted by Gasteiger charge is -2.39. The van der Waals surface area contributed by atoms with E-state index in [9.17, 15) is 0 Å². The van der Waals surface area contributed by atoms with E-state index in [2.05, 4.69) is 14.0 Å². The van der Waals surface area contributed by atoms with Crippen LogP contribution in [0, 0.1) is 5.92 Å². The van der Waals surface area contributed by atoms with Crippen molar-refractivity contribution >= 4 is 0 Å². The number of quaternary nitrogens is 1. The van der Waals surface area contributed by atoms with Crippen LogP contribution < -0.4 is 4.74 Å². The molecule has 0 N–H and O–H groups in total. The molecule has 2 heteroatoms. The second-order valence-electron chi connectivity index (χ2n) is 5.99. The van der Waals surface area contributed by atoms with Gasteiger partial charge in [-0.1, -0.05) is 25.1 Å². The zero-order chi connectivity index (χ0) is 12.8. The monoisotopic (exact) mass is 248 g/mol. The summed E-state index contributed by atoms with van der Waals surface area (Å²) in [7, 11) is 2.40. The largest absolute Gasteiger partial charge is 0.493 e. The molecule has 0 amide bonds. The molecule has 1 saturated heterocycles. The van der Waals surface area contributed by atoms with E-state index in [1.165, 1.54) is 37.0 Å². The fourth-order valence-electron chi connectivity index (χ4n) is 2.70. The van der Waals surface area contributed by atoms with Gasteiger partial charge in [0.05, 0.1) is 33.3 Å². The molecule has 2 nitrogen and oxygen atoms in total. The number of nitrogens with zero attached hydrogens (tertiary/aromatic N) is 1. The highest BCUT2D eigenvalue weighted by molar-refractivity contribution is 5.20. The smallest absolute Gasteiger partial charge is 0.119 e. The number of piperidine rings is 1. The molecule has 0 aromatic heterocycles. The highest BCUT2D eigenvalue weighted by atomic mass is 16.5. The van der Waals surface area contributed by atoms with Gasteiger partial charge in [-0.2, -0.15) is 0 Å². The lowest BCUT2D eigenvalue weighted by atomic mass is 9.97. The first-order valence-electron chi connectivity index (χ1n) is 7.19. The van der Waals surface area contributed by atoms with E-state index in [0.717, 1.165) is 24.7 Å². The number of ether oxygens (including phenoxy) is 1. The summed E-state index contributed by atoms with van der Waals surface area (Å²) in [6.07, 6.45) is 3.92. The quantitative estimate of drug-likeness (QED) is 0.573. The van der Waals surface area contributed by atoms with Gasteiger partial charge < -0.3 is 9.22 Å². The summed E-state index contributed by atoms with van der Waals surface area (Å²) in [6, 6.07) is 10.1. The SMILES string of the molecule is CC1CC[N+](C)(CCCOc2ccccc2)CC1. The number of rotatable bonds is 5. The van der Waals surface area contributed by atoms with Crippen molar-refractivity contribution in [1.29, 1.82) is 0 Å². The van der Waals surface area contributed by atoms with Crippen molar-refractivity contribution in [1.82, 2.24) is 0 Å². The Hall–Kier alpha value is -1.02. The van der Waals surface area contributed by atoms with E-state index >= 15 is 0 Å². The first kappa shape index (κ1) is 13.4. The van der Waals surface area contributed by atoms with E-state index in [0.29, 0.717) is 0 Å². The second kappa shape index (κ2) is 6.24. The number of likely N-dealkylation sites (tertiary alicyclic amines) is 1. The Balaban J connectivity index is 1.66. The van der Waals surface area contributed by atoms with Crippen molar-refractivity contribution in [3.8, 4) is 5.75 Å². The minimum atomic E-state index is 0.841. The Labute approximate surface area is 111 Å². The molecule has 1 fully saturated rings. The summed E-state index contributed by atoms with van der Waals surface area (Å²) in [6.45, 7) is 7.15. The molecule has 1 aliphatic heterocycles. The molecule has 0 bridgehead atoms. The van der Waals surface area contributed by atoms with Gasteiger partial charge in [-0.15, -0.1) is 0 Å². The molecule has 0 spiro atoms. The Morgan fingerprint density at radius 2 is 1.83 bits per heavy atom. The first-order chi connectivity index (χ1) is 8.68. The third kappa shape index (κ3) is 4.02. The van der Waals surface area contributed by atoms with Crippen molar-refractivity contribution in [3.63, 3.8) is 0 Å². The molecule has 0 unspecified atom stereocenters. The van der Waals surface area contributed by atoms with Crippen LogP contribution in [0.2, 0.25) is 0 Å². The van der Waals surface area contributed by atoms with Crippen LogP contribution in [-0.4, -0.2) is 37.8 Å². The van der Waals surface area contributed by atoms with Crippen LogP contribution in [0.4, 0.5) is 0 Å². The fourth-order valence-corrected chi connectivity index (χ4v) is 2.70. The Bertz CT molecular complexity index is 341. The van der Waals surface area contributed by atoms with E-state index < -0.39 is 0 Å².